The average molecular weight is 645 g/mol. The summed E-state index contributed by atoms with van der Waals surface area (Å²) >= 11 is 0. The van der Waals surface area contributed by atoms with Crippen molar-refractivity contribution in [3.8, 4) is 34.2 Å². The van der Waals surface area contributed by atoms with E-state index in [2.05, 4.69) is 10.8 Å². The lowest BCUT2D eigenvalue weighted by molar-refractivity contribution is -0.132. The minimum atomic E-state index is -0.964. The molecule has 2 N–H and O–H groups in total. The van der Waals surface area contributed by atoms with Gasteiger partial charge in [-0.25, -0.2) is 4.79 Å². The van der Waals surface area contributed by atoms with Gasteiger partial charge < -0.3 is 19.8 Å². The van der Waals surface area contributed by atoms with Crippen molar-refractivity contribution >= 4 is 18.0 Å². The van der Waals surface area contributed by atoms with E-state index in [4.69, 9.17) is 9.84 Å². The smallest absolute Gasteiger partial charge is 0.331 e. The second kappa shape index (κ2) is 14.7. The van der Waals surface area contributed by atoms with E-state index in [9.17, 15) is 25.1 Å². The lowest BCUT2D eigenvalue weighted by atomic mass is 9.95. The summed E-state index contributed by atoms with van der Waals surface area (Å²) in [5, 5.41) is 33.4. The van der Waals surface area contributed by atoms with E-state index >= 15 is 0 Å². The molecule has 0 unspecified atom stereocenters. The van der Waals surface area contributed by atoms with Crippen molar-refractivity contribution in [2.75, 3.05) is 13.1 Å². The molecule has 0 bridgehead atoms. The number of likely N-dealkylation sites (tertiary alicyclic amines) is 1. The van der Waals surface area contributed by atoms with Gasteiger partial charge in [-0.2, -0.15) is 10.4 Å². The highest BCUT2D eigenvalue weighted by Gasteiger charge is 2.24. The highest BCUT2D eigenvalue weighted by atomic mass is 16.5. The highest BCUT2D eigenvalue weighted by molar-refractivity contribution is 5.95. The Morgan fingerprint density at radius 1 is 0.938 bits per heavy atom. The number of nitriles is 1. The molecule has 4 aromatic rings. The summed E-state index contributed by atoms with van der Waals surface area (Å²) in [5.74, 6) is -0.369. The summed E-state index contributed by atoms with van der Waals surface area (Å²) in [6, 6.07) is 25.2. The van der Waals surface area contributed by atoms with Crippen molar-refractivity contribution in [1.29, 1.82) is 5.26 Å². The van der Waals surface area contributed by atoms with Crippen molar-refractivity contribution in [2.24, 2.45) is 0 Å². The molecule has 1 saturated heterocycles. The molecule has 1 aliphatic carbocycles. The van der Waals surface area contributed by atoms with Gasteiger partial charge in [-0.15, -0.1) is 0 Å². The van der Waals surface area contributed by atoms with Gasteiger partial charge in [0.2, 0.25) is 0 Å². The first kappa shape index (κ1) is 32.7. The number of aliphatic hydroxyl groups is 1. The van der Waals surface area contributed by atoms with E-state index in [0.29, 0.717) is 48.5 Å². The number of aromatic nitrogens is 2. The predicted octanol–water partition coefficient (Wildman–Crippen LogP) is 7.26. The number of carboxylic acid groups (broad SMARTS) is 1. The van der Waals surface area contributed by atoms with E-state index < -0.39 is 5.97 Å². The van der Waals surface area contributed by atoms with Gasteiger partial charge in [-0.3, -0.25) is 9.48 Å². The van der Waals surface area contributed by atoms with Gasteiger partial charge in [-0.1, -0.05) is 37.5 Å². The number of hydrogen-bond donors (Lipinski definition) is 2. The first-order chi connectivity index (χ1) is 23.3. The van der Waals surface area contributed by atoms with Crippen LogP contribution in [0.1, 0.15) is 85.1 Å². The van der Waals surface area contributed by atoms with Crippen LogP contribution in [-0.2, 0) is 11.4 Å². The molecule has 246 valence electrons. The number of rotatable bonds is 9. The molecule has 3 aromatic carbocycles. The number of carbonyl (C=O) groups is 2. The largest absolute Gasteiger partial charge is 0.489 e. The summed E-state index contributed by atoms with van der Waals surface area (Å²) in [5.41, 5.74) is 6.57. The van der Waals surface area contributed by atoms with Crippen LogP contribution >= 0.6 is 0 Å². The third kappa shape index (κ3) is 7.50. The van der Waals surface area contributed by atoms with Crippen molar-refractivity contribution in [1.82, 2.24) is 14.7 Å². The van der Waals surface area contributed by atoms with Crippen LogP contribution in [-0.4, -0.2) is 56.0 Å². The predicted molar refractivity (Wildman–Crippen MR) is 183 cm³/mol. The fraction of sp³-hybridized carbons (Fsp3) is 0.333. The van der Waals surface area contributed by atoms with Crippen molar-refractivity contribution in [2.45, 2.75) is 70.6 Å². The summed E-state index contributed by atoms with van der Waals surface area (Å²) < 4.78 is 8.37. The molecule has 2 heterocycles. The van der Waals surface area contributed by atoms with E-state index in [1.54, 1.807) is 30.0 Å². The molecule has 6 rings (SSSR count). The number of carboxylic acids is 1. The fourth-order valence-corrected chi connectivity index (χ4v) is 6.57. The van der Waals surface area contributed by atoms with Crippen LogP contribution < -0.4 is 4.74 Å². The van der Waals surface area contributed by atoms with Gasteiger partial charge in [0, 0.05) is 29.8 Å². The Labute approximate surface area is 280 Å². The average Bonchev–Trinajstić information content (AvgIpc) is 3.55. The molecule has 2 fully saturated rings. The number of carbonyl (C=O) groups excluding carboxylic acids is 1. The number of aliphatic carboxylic acids is 1. The Morgan fingerprint density at radius 2 is 1.62 bits per heavy atom. The summed E-state index contributed by atoms with van der Waals surface area (Å²) in [6.45, 7) is 2.83. The Hall–Kier alpha value is -5.20. The zero-order valence-corrected chi connectivity index (χ0v) is 27.1. The second-order valence-electron chi connectivity index (χ2n) is 12.7. The SMILES string of the molecule is C/C(=C\c1cc(-c2ccc(OCc3cc(C(=O)N4CCC(O)CC4)ccc3-c3ccc(C#N)cc3)cc2)n(C2CCCCC2)n1)C(=O)O. The molecular weight excluding hydrogens is 604 g/mol. The Balaban J connectivity index is 1.25. The number of aliphatic hydroxyl groups excluding tert-OH is 1. The molecule has 1 saturated carbocycles. The molecule has 0 atom stereocenters. The lowest BCUT2D eigenvalue weighted by Gasteiger charge is -2.29. The summed E-state index contributed by atoms with van der Waals surface area (Å²) in [7, 11) is 0. The van der Waals surface area contributed by atoms with Gasteiger partial charge in [0.05, 0.1) is 35.2 Å². The topological polar surface area (TPSA) is 129 Å². The first-order valence-corrected chi connectivity index (χ1v) is 16.6. The van der Waals surface area contributed by atoms with Crippen LogP contribution in [0.2, 0.25) is 0 Å². The molecule has 0 radical (unpaired) electrons. The molecule has 2 aliphatic rings. The number of hydrogen-bond acceptors (Lipinski definition) is 6. The quantitative estimate of drug-likeness (QED) is 0.184. The Bertz CT molecular complexity index is 1840. The number of amides is 1. The number of piperidine rings is 1. The molecule has 1 amide bonds. The molecule has 9 nitrogen and oxygen atoms in total. The second-order valence-corrected chi connectivity index (χ2v) is 12.7. The zero-order valence-electron chi connectivity index (χ0n) is 27.1. The van der Waals surface area contributed by atoms with Crippen molar-refractivity contribution < 1.29 is 24.5 Å². The number of benzene rings is 3. The van der Waals surface area contributed by atoms with Gasteiger partial charge in [-0.05, 0) is 110 Å². The summed E-state index contributed by atoms with van der Waals surface area (Å²) in [4.78, 5) is 26.7. The molecule has 1 aromatic heterocycles. The van der Waals surface area contributed by atoms with Gasteiger partial charge in [0.15, 0.2) is 0 Å². The molecule has 48 heavy (non-hydrogen) atoms. The normalized spacial score (nSPS) is 16.0. The Morgan fingerprint density at radius 3 is 2.29 bits per heavy atom. The molecular formula is C39H40N4O5. The number of nitrogens with zero attached hydrogens (tertiary/aromatic N) is 4. The van der Waals surface area contributed by atoms with Crippen LogP contribution in [0.25, 0.3) is 28.5 Å². The van der Waals surface area contributed by atoms with Crippen molar-refractivity contribution in [3.05, 3.63) is 101 Å². The van der Waals surface area contributed by atoms with Crippen LogP contribution in [0.15, 0.2) is 78.4 Å². The molecule has 9 heteroatoms. The molecule has 0 spiro atoms. The standard InChI is InChI=1S/C39H40N4O5/c1-26(39(46)47)21-32-23-37(43(41-32)33-5-3-2-4-6-33)29-11-14-35(15-12-29)48-25-31-22-30(38(45)42-19-17-34(44)18-20-42)13-16-36(31)28-9-7-27(24-40)8-10-28/h7-16,21-23,33-34,44H,2-6,17-20,25H2,1H3,(H,46,47)/b26-21+. The van der Waals surface area contributed by atoms with Crippen LogP contribution in [0.5, 0.6) is 5.75 Å². The van der Waals surface area contributed by atoms with Crippen LogP contribution in [0.3, 0.4) is 0 Å². The minimum Gasteiger partial charge on any atom is -0.489 e. The van der Waals surface area contributed by atoms with E-state index in [1.165, 1.54) is 6.42 Å². The fourth-order valence-electron chi connectivity index (χ4n) is 6.57. The van der Waals surface area contributed by atoms with Gasteiger partial charge >= 0.3 is 5.97 Å². The Kier molecular flexibility index (Phi) is 10.0. The van der Waals surface area contributed by atoms with Gasteiger partial charge in [0.25, 0.3) is 5.91 Å². The van der Waals surface area contributed by atoms with Crippen LogP contribution in [0, 0.1) is 11.3 Å². The van der Waals surface area contributed by atoms with E-state index in [0.717, 1.165) is 53.6 Å². The van der Waals surface area contributed by atoms with E-state index in [1.807, 2.05) is 60.7 Å². The van der Waals surface area contributed by atoms with E-state index in [-0.39, 0.29) is 30.2 Å². The third-order valence-corrected chi connectivity index (χ3v) is 9.35. The maximum absolute atomic E-state index is 13.4. The third-order valence-electron chi connectivity index (χ3n) is 9.35. The maximum atomic E-state index is 13.4. The monoisotopic (exact) mass is 644 g/mol. The minimum absolute atomic E-state index is 0.0683. The zero-order chi connectivity index (χ0) is 33.6. The van der Waals surface area contributed by atoms with Crippen LogP contribution in [0.4, 0.5) is 0 Å². The van der Waals surface area contributed by atoms with Gasteiger partial charge in [0.1, 0.15) is 12.4 Å². The summed E-state index contributed by atoms with van der Waals surface area (Å²) in [6.07, 6.45) is 7.99. The first-order valence-electron chi connectivity index (χ1n) is 16.6. The highest BCUT2D eigenvalue weighted by Crippen LogP contribution is 2.34. The molecule has 1 aliphatic heterocycles. The van der Waals surface area contributed by atoms with Crippen molar-refractivity contribution in [3.63, 3.8) is 0 Å². The maximum Gasteiger partial charge on any atom is 0.331 e. The number of ether oxygens (including phenoxy) is 1. The lowest BCUT2D eigenvalue weighted by Crippen LogP contribution is -2.40.